The van der Waals surface area contributed by atoms with Gasteiger partial charge in [-0.2, -0.15) is 0 Å². The van der Waals surface area contributed by atoms with E-state index in [9.17, 15) is 18.0 Å². The standard InChI is InChI=1S/C37H40BrN3O4S2/c1-27-12-18-32(19-13-27)41(47(44,45)34-22-20-33(46-2)21-23-34)26-36(42)40(25-29-14-16-30(38)17-15-29)35(24-28-8-4-3-5-9-28)37(43)39-31-10-6-7-11-31/h3-5,8-9,12-23,31,35H,6-7,10-11,24-26H2,1-2H3,(H,39,43)/t35-/m1/s1. The third-order valence-electron chi connectivity index (χ3n) is 8.49. The first kappa shape index (κ1) is 34.7. The Morgan fingerprint density at radius 1 is 0.872 bits per heavy atom. The fourth-order valence-corrected chi connectivity index (χ4v) is 7.91. The molecule has 0 aliphatic heterocycles. The quantitative estimate of drug-likeness (QED) is 0.145. The number of anilines is 1. The molecule has 0 heterocycles. The van der Waals surface area contributed by atoms with Crippen LogP contribution in [0.25, 0.3) is 0 Å². The number of carbonyl (C=O) groups excluding carboxylic acids is 2. The summed E-state index contributed by atoms with van der Waals surface area (Å²) in [6.45, 7) is 1.58. The molecule has 4 aromatic carbocycles. The van der Waals surface area contributed by atoms with Crippen LogP contribution in [0.4, 0.5) is 5.69 Å². The van der Waals surface area contributed by atoms with Crippen molar-refractivity contribution < 1.29 is 18.0 Å². The minimum atomic E-state index is -4.15. The SMILES string of the molecule is CSc1ccc(S(=O)(=O)N(CC(=O)N(Cc2ccc(Br)cc2)[C@H](Cc2ccccc2)C(=O)NC2CCCC2)c2ccc(C)cc2)cc1. The number of benzene rings is 4. The van der Waals surface area contributed by atoms with E-state index in [1.807, 2.05) is 79.9 Å². The van der Waals surface area contributed by atoms with Crippen LogP contribution in [0.2, 0.25) is 0 Å². The van der Waals surface area contributed by atoms with Crippen molar-refractivity contribution in [2.45, 2.75) is 67.4 Å². The van der Waals surface area contributed by atoms with Gasteiger partial charge in [-0.05, 0) is 85.7 Å². The molecule has 5 rings (SSSR count). The molecule has 10 heteroatoms. The zero-order valence-electron chi connectivity index (χ0n) is 26.6. The van der Waals surface area contributed by atoms with Crippen molar-refractivity contribution in [1.29, 1.82) is 0 Å². The zero-order chi connectivity index (χ0) is 33.4. The van der Waals surface area contributed by atoms with Crippen LogP contribution >= 0.6 is 27.7 Å². The summed E-state index contributed by atoms with van der Waals surface area (Å²) in [6.07, 6.45) is 6.12. The van der Waals surface area contributed by atoms with Crippen LogP contribution in [-0.2, 0) is 32.6 Å². The Balaban J connectivity index is 1.55. The second-order valence-corrected chi connectivity index (χ2v) is 15.5. The Kier molecular flexibility index (Phi) is 11.8. The van der Waals surface area contributed by atoms with E-state index in [-0.39, 0.29) is 29.8 Å². The third kappa shape index (κ3) is 9.06. The Morgan fingerprint density at radius 3 is 2.13 bits per heavy atom. The molecular formula is C37H40BrN3O4S2. The Labute approximate surface area is 290 Å². The fraction of sp³-hybridized carbons (Fsp3) is 0.297. The van der Waals surface area contributed by atoms with E-state index >= 15 is 0 Å². The van der Waals surface area contributed by atoms with Gasteiger partial charge in [0.15, 0.2) is 0 Å². The van der Waals surface area contributed by atoms with E-state index in [0.717, 1.165) is 56.0 Å². The maximum absolute atomic E-state index is 14.6. The third-order valence-corrected chi connectivity index (χ3v) is 11.5. The number of aryl methyl sites for hydroxylation is 1. The van der Waals surface area contributed by atoms with E-state index < -0.39 is 28.5 Å². The maximum atomic E-state index is 14.6. The second kappa shape index (κ2) is 16.0. The first-order chi connectivity index (χ1) is 22.6. The molecule has 1 N–H and O–H groups in total. The van der Waals surface area contributed by atoms with E-state index in [0.29, 0.717) is 5.69 Å². The molecular weight excluding hydrogens is 694 g/mol. The van der Waals surface area contributed by atoms with Gasteiger partial charge in [-0.3, -0.25) is 13.9 Å². The number of hydrogen-bond donors (Lipinski definition) is 1. The average Bonchev–Trinajstić information content (AvgIpc) is 3.60. The van der Waals surface area contributed by atoms with E-state index in [4.69, 9.17) is 0 Å². The number of nitrogens with zero attached hydrogens (tertiary/aromatic N) is 2. The summed E-state index contributed by atoms with van der Waals surface area (Å²) in [5.74, 6) is -0.705. The van der Waals surface area contributed by atoms with Gasteiger partial charge in [0, 0.05) is 28.4 Å². The van der Waals surface area contributed by atoms with Gasteiger partial charge in [0.25, 0.3) is 10.0 Å². The molecule has 0 radical (unpaired) electrons. The van der Waals surface area contributed by atoms with Gasteiger partial charge in [-0.1, -0.05) is 88.9 Å². The van der Waals surface area contributed by atoms with Crippen LogP contribution in [-0.4, -0.2) is 50.0 Å². The van der Waals surface area contributed by atoms with Crippen molar-refractivity contribution >= 4 is 55.2 Å². The lowest BCUT2D eigenvalue weighted by molar-refractivity contribution is -0.140. The highest BCUT2D eigenvalue weighted by Crippen LogP contribution is 2.27. The molecule has 1 fully saturated rings. The van der Waals surface area contributed by atoms with Gasteiger partial charge in [0.05, 0.1) is 10.6 Å². The molecule has 1 aliphatic carbocycles. The molecule has 4 aromatic rings. The summed E-state index contributed by atoms with van der Waals surface area (Å²) >= 11 is 5.00. The van der Waals surface area contributed by atoms with Crippen LogP contribution in [0.15, 0.2) is 117 Å². The molecule has 1 saturated carbocycles. The number of carbonyl (C=O) groups is 2. The summed E-state index contributed by atoms with van der Waals surface area (Å²) in [7, 11) is -4.15. The van der Waals surface area contributed by atoms with Crippen LogP contribution in [0.1, 0.15) is 42.4 Å². The molecule has 2 amide bonds. The van der Waals surface area contributed by atoms with Crippen molar-refractivity contribution in [3.05, 3.63) is 124 Å². The molecule has 0 aromatic heterocycles. The normalized spacial score (nSPS) is 14.0. The van der Waals surface area contributed by atoms with Crippen molar-refractivity contribution in [3.8, 4) is 0 Å². The van der Waals surface area contributed by atoms with Gasteiger partial charge < -0.3 is 10.2 Å². The largest absolute Gasteiger partial charge is 0.352 e. The van der Waals surface area contributed by atoms with Gasteiger partial charge in [-0.25, -0.2) is 8.42 Å². The molecule has 1 aliphatic rings. The minimum absolute atomic E-state index is 0.0547. The number of rotatable bonds is 13. The number of amides is 2. The average molecular weight is 735 g/mol. The summed E-state index contributed by atoms with van der Waals surface area (Å²) in [4.78, 5) is 31.3. The molecule has 246 valence electrons. The maximum Gasteiger partial charge on any atom is 0.264 e. The molecule has 7 nitrogen and oxygen atoms in total. The zero-order valence-corrected chi connectivity index (χ0v) is 29.9. The lowest BCUT2D eigenvalue weighted by Crippen LogP contribution is -2.54. The molecule has 0 unspecified atom stereocenters. The summed E-state index contributed by atoms with van der Waals surface area (Å²) in [5, 5.41) is 3.21. The summed E-state index contributed by atoms with van der Waals surface area (Å²) in [6, 6.07) is 30.1. The minimum Gasteiger partial charge on any atom is -0.352 e. The van der Waals surface area contributed by atoms with Crippen LogP contribution in [0.3, 0.4) is 0 Å². The van der Waals surface area contributed by atoms with Crippen LogP contribution in [0.5, 0.6) is 0 Å². The van der Waals surface area contributed by atoms with Crippen LogP contribution < -0.4 is 9.62 Å². The monoisotopic (exact) mass is 733 g/mol. The Hall–Kier alpha value is -3.60. The number of hydrogen-bond acceptors (Lipinski definition) is 5. The number of thioether (sulfide) groups is 1. The molecule has 0 saturated heterocycles. The van der Waals surface area contributed by atoms with Crippen molar-refractivity contribution in [2.75, 3.05) is 17.1 Å². The lowest BCUT2D eigenvalue weighted by Gasteiger charge is -2.34. The number of halogens is 1. The number of sulfonamides is 1. The Bertz CT molecular complexity index is 1740. The first-order valence-electron chi connectivity index (χ1n) is 15.8. The fourth-order valence-electron chi connectivity index (χ4n) is 5.82. The predicted molar refractivity (Wildman–Crippen MR) is 193 cm³/mol. The van der Waals surface area contributed by atoms with Gasteiger partial charge >= 0.3 is 0 Å². The van der Waals surface area contributed by atoms with Gasteiger partial charge in [0.1, 0.15) is 12.6 Å². The lowest BCUT2D eigenvalue weighted by atomic mass is 10.0. The molecule has 1 atom stereocenters. The first-order valence-corrected chi connectivity index (χ1v) is 19.2. The predicted octanol–water partition coefficient (Wildman–Crippen LogP) is 7.37. The molecule has 0 spiro atoms. The van der Waals surface area contributed by atoms with E-state index in [1.165, 1.54) is 11.8 Å². The van der Waals surface area contributed by atoms with Gasteiger partial charge in [0.2, 0.25) is 11.8 Å². The molecule has 0 bridgehead atoms. The highest BCUT2D eigenvalue weighted by molar-refractivity contribution is 9.10. The topological polar surface area (TPSA) is 86.8 Å². The van der Waals surface area contributed by atoms with Crippen molar-refractivity contribution in [3.63, 3.8) is 0 Å². The Morgan fingerprint density at radius 2 is 1.51 bits per heavy atom. The summed E-state index contributed by atoms with van der Waals surface area (Å²) < 4.78 is 30.6. The summed E-state index contributed by atoms with van der Waals surface area (Å²) in [5.41, 5.74) is 3.07. The van der Waals surface area contributed by atoms with Gasteiger partial charge in [-0.15, -0.1) is 11.8 Å². The second-order valence-electron chi connectivity index (χ2n) is 11.9. The number of nitrogens with one attached hydrogen (secondary N) is 1. The van der Waals surface area contributed by atoms with E-state index in [1.54, 1.807) is 41.3 Å². The highest BCUT2D eigenvalue weighted by atomic mass is 79.9. The highest BCUT2D eigenvalue weighted by Gasteiger charge is 2.35. The smallest absolute Gasteiger partial charge is 0.264 e. The molecule has 47 heavy (non-hydrogen) atoms. The van der Waals surface area contributed by atoms with Crippen LogP contribution in [0, 0.1) is 6.92 Å². The van der Waals surface area contributed by atoms with Crippen molar-refractivity contribution in [2.24, 2.45) is 0 Å². The van der Waals surface area contributed by atoms with Crippen molar-refractivity contribution in [1.82, 2.24) is 10.2 Å². The van der Waals surface area contributed by atoms with E-state index in [2.05, 4.69) is 21.2 Å².